The summed E-state index contributed by atoms with van der Waals surface area (Å²) in [5.41, 5.74) is 3.21. The SMILES string of the molecule is CCC(C)c1ccccc1OCC(=O)Nc1ccc(CCN2CCOCC2)cc1. The summed E-state index contributed by atoms with van der Waals surface area (Å²) in [6, 6.07) is 16.0. The number of morpholine rings is 1. The molecule has 2 aromatic rings. The van der Waals surface area contributed by atoms with E-state index in [9.17, 15) is 4.79 Å². The zero-order valence-corrected chi connectivity index (χ0v) is 17.5. The standard InChI is InChI=1S/C24H32N2O3/c1-3-19(2)22-6-4-5-7-23(22)29-18-24(27)25-21-10-8-20(9-11-21)12-13-26-14-16-28-17-15-26/h4-11,19H,3,12-18H2,1-2H3,(H,25,27). The lowest BCUT2D eigenvalue weighted by Crippen LogP contribution is -2.37. The number of ether oxygens (including phenoxy) is 2. The molecule has 5 heteroatoms. The largest absolute Gasteiger partial charge is 0.483 e. The van der Waals surface area contributed by atoms with Gasteiger partial charge in [0.05, 0.1) is 13.2 Å². The van der Waals surface area contributed by atoms with Gasteiger partial charge in [-0.2, -0.15) is 0 Å². The molecule has 1 aliphatic rings. The Bertz CT molecular complexity index is 770. The minimum atomic E-state index is -0.148. The summed E-state index contributed by atoms with van der Waals surface area (Å²) in [5, 5.41) is 2.92. The van der Waals surface area contributed by atoms with Crippen molar-refractivity contribution in [3.05, 3.63) is 59.7 Å². The number of rotatable bonds is 9. The lowest BCUT2D eigenvalue weighted by molar-refractivity contribution is -0.118. The fourth-order valence-electron chi connectivity index (χ4n) is 3.45. The molecule has 0 saturated carbocycles. The molecule has 0 aromatic heterocycles. The van der Waals surface area contributed by atoms with Crippen LogP contribution in [0, 0.1) is 0 Å². The van der Waals surface area contributed by atoms with E-state index >= 15 is 0 Å². The number of benzene rings is 2. The monoisotopic (exact) mass is 396 g/mol. The molecule has 1 unspecified atom stereocenters. The van der Waals surface area contributed by atoms with E-state index in [2.05, 4.69) is 42.3 Å². The first-order valence-electron chi connectivity index (χ1n) is 10.6. The minimum absolute atomic E-state index is 0.00618. The van der Waals surface area contributed by atoms with Crippen LogP contribution in [0.4, 0.5) is 5.69 Å². The number of amides is 1. The Morgan fingerprint density at radius 2 is 1.86 bits per heavy atom. The maximum Gasteiger partial charge on any atom is 0.262 e. The number of nitrogens with one attached hydrogen (secondary N) is 1. The van der Waals surface area contributed by atoms with Crippen molar-refractivity contribution in [1.29, 1.82) is 0 Å². The second kappa shape index (κ2) is 11.0. The maximum atomic E-state index is 12.3. The van der Waals surface area contributed by atoms with Gasteiger partial charge in [-0.15, -0.1) is 0 Å². The smallest absolute Gasteiger partial charge is 0.262 e. The molecule has 1 amide bonds. The highest BCUT2D eigenvalue weighted by atomic mass is 16.5. The third-order valence-electron chi connectivity index (χ3n) is 5.48. The van der Waals surface area contributed by atoms with Crippen molar-refractivity contribution in [2.45, 2.75) is 32.6 Å². The van der Waals surface area contributed by atoms with Gasteiger partial charge >= 0.3 is 0 Å². The van der Waals surface area contributed by atoms with E-state index in [1.54, 1.807) is 0 Å². The third-order valence-corrected chi connectivity index (χ3v) is 5.48. The third kappa shape index (κ3) is 6.58. The highest BCUT2D eigenvalue weighted by molar-refractivity contribution is 5.91. The number of para-hydroxylation sites is 1. The first kappa shape index (κ1) is 21.3. The molecule has 0 bridgehead atoms. The summed E-state index contributed by atoms with van der Waals surface area (Å²) >= 11 is 0. The van der Waals surface area contributed by atoms with Gasteiger partial charge in [0.2, 0.25) is 0 Å². The first-order chi connectivity index (χ1) is 14.2. The van der Waals surface area contributed by atoms with Crippen molar-refractivity contribution < 1.29 is 14.3 Å². The number of nitrogens with zero attached hydrogens (tertiary/aromatic N) is 1. The molecule has 1 aliphatic heterocycles. The van der Waals surface area contributed by atoms with Gasteiger partial charge < -0.3 is 14.8 Å². The quantitative estimate of drug-likeness (QED) is 0.694. The van der Waals surface area contributed by atoms with E-state index in [0.29, 0.717) is 5.92 Å². The van der Waals surface area contributed by atoms with Crippen molar-refractivity contribution in [3.8, 4) is 5.75 Å². The Hall–Kier alpha value is -2.37. The molecule has 29 heavy (non-hydrogen) atoms. The van der Waals surface area contributed by atoms with Gasteiger partial charge in [-0.3, -0.25) is 9.69 Å². The Morgan fingerprint density at radius 1 is 1.14 bits per heavy atom. The van der Waals surface area contributed by atoms with E-state index < -0.39 is 0 Å². The average molecular weight is 397 g/mol. The summed E-state index contributed by atoms with van der Waals surface area (Å²) in [4.78, 5) is 14.7. The lowest BCUT2D eigenvalue weighted by atomic mass is 9.98. The van der Waals surface area contributed by atoms with Gasteiger partial charge in [0.15, 0.2) is 6.61 Å². The normalized spacial score (nSPS) is 15.7. The van der Waals surface area contributed by atoms with Crippen LogP contribution in [0.3, 0.4) is 0 Å². The van der Waals surface area contributed by atoms with Crippen LogP contribution in [0.25, 0.3) is 0 Å². The molecule has 5 nitrogen and oxygen atoms in total. The molecular weight excluding hydrogens is 364 g/mol. The van der Waals surface area contributed by atoms with Gasteiger partial charge in [0, 0.05) is 25.3 Å². The summed E-state index contributed by atoms with van der Waals surface area (Å²) in [6.45, 7) is 9.04. The Morgan fingerprint density at radius 3 is 2.59 bits per heavy atom. The highest BCUT2D eigenvalue weighted by Gasteiger charge is 2.12. The van der Waals surface area contributed by atoms with E-state index in [4.69, 9.17) is 9.47 Å². The number of carbonyl (C=O) groups is 1. The van der Waals surface area contributed by atoms with Crippen molar-refractivity contribution in [2.24, 2.45) is 0 Å². The predicted molar refractivity (Wildman–Crippen MR) is 117 cm³/mol. The maximum absolute atomic E-state index is 12.3. The summed E-state index contributed by atoms with van der Waals surface area (Å²) in [7, 11) is 0. The molecule has 1 atom stereocenters. The number of hydrogen-bond acceptors (Lipinski definition) is 4. The lowest BCUT2D eigenvalue weighted by Gasteiger charge is -2.26. The zero-order chi connectivity index (χ0) is 20.5. The topological polar surface area (TPSA) is 50.8 Å². The molecule has 0 spiro atoms. The molecule has 156 valence electrons. The van der Waals surface area contributed by atoms with Crippen molar-refractivity contribution in [3.63, 3.8) is 0 Å². The van der Waals surface area contributed by atoms with E-state index in [-0.39, 0.29) is 12.5 Å². The van der Waals surface area contributed by atoms with Crippen LogP contribution in [-0.2, 0) is 16.0 Å². The minimum Gasteiger partial charge on any atom is -0.483 e. The van der Waals surface area contributed by atoms with Gasteiger partial charge in [-0.05, 0) is 48.1 Å². The summed E-state index contributed by atoms with van der Waals surface area (Å²) in [6.07, 6.45) is 2.04. The van der Waals surface area contributed by atoms with Crippen molar-refractivity contribution in [2.75, 3.05) is 44.8 Å². The van der Waals surface area contributed by atoms with Crippen LogP contribution in [0.2, 0.25) is 0 Å². The first-order valence-corrected chi connectivity index (χ1v) is 10.6. The molecule has 0 radical (unpaired) electrons. The fraction of sp³-hybridized carbons (Fsp3) is 0.458. The second-order valence-electron chi connectivity index (χ2n) is 7.58. The average Bonchev–Trinajstić information content (AvgIpc) is 2.77. The second-order valence-corrected chi connectivity index (χ2v) is 7.58. The van der Waals surface area contributed by atoms with E-state index in [1.165, 1.54) is 5.56 Å². The molecule has 1 heterocycles. The number of carbonyl (C=O) groups excluding carboxylic acids is 1. The van der Waals surface area contributed by atoms with Crippen LogP contribution in [0.15, 0.2) is 48.5 Å². The number of anilines is 1. The van der Waals surface area contributed by atoms with Crippen LogP contribution in [-0.4, -0.2) is 50.3 Å². The van der Waals surface area contributed by atoms with Crippen LogP contribution < -0.4 is 10.1 Å². The molecule has 3 rings (SSSR count). The van der Waals surface area contributed by atoms with E-state index in [0.717, 1.165) is 62.7 Å². The van der Waals surface area contributed by atoms with Crippen LogP contribution in [0.1, 0.15) is 37.3 Å². The van der Waals surface area contributed by atoms with Gasteiger partial charge in [-0.25, -0.2) is 0 Å². The van der Waals surface area contributed by atoms with Gasteiger partial charge in [-0.1, -0.05) is 44.2 Å². The molecule has 0 aliphatic carbocycles. The zero-order valence-electron chi connectivity index (χ0n) is 17.5. The molecule has 2 aromatic carbocycles. The molecule has 1 N–H and O–H groups in total. The molecular formula is C24H32N2O3. The molecule has 1 fully saturated rings. The summed E-state index contributed by atoms with van der Waals surface area (Å²) in [5.74, 6) is 1.04. The van der Waals surface area contributed by atoms with Crippen molar-refractivity contribution in [1.82, 2.24) is 4.90 Å². The van der Waals surface area contributed by atoms with E-state index in [1.807, 2.05) is 30.3 Å². The number of hydrogen-bond donors (Lipinski definition) is 1. The van der Waals surface area contributed by atoms with Gasteiger partial charge in [0.25, 0.3) is 5.91 Å². The van der Waals surface area contributed by atoms with Gasteiger partial charge in [0.1, 0.15) is 5.75 Å². The molecule has 1 saturated heterocycles. The fourth-order valence-corrected chi connectivity index (χ4v) is 3.45. The Labute approximate surface area is 174 Å². The highest BCUT2D eigenvalue weighted by Crippen LogP contribution is 2.28. The predicted octanol–water partition coefficient (Wildman–Crippen LogP) is 4.09. The Balaban J connectivity index is 1.46. The van der Waals surface area contributed by atoms with Crippen LogP contribution in [0.5, 0.6) is 5.75 Å². The Kier molecular flexibility index (Phi) is 8.08. The van der Waals surface area contributed by atoms with Crippen molar-refractivity contribution >= 4 is 11.6 Å². The summed E-state index contributed by atoms with van der Waals surface area (Å²) < 4.78 is 11.2. The van der Waals surface area contributed by atoms with Crippen LogP contribution >= 0.6 is 0 Å².